The first-order valence-electron chi connectivity index (χ1n) is 8.54. The Bertz CT molecular complexity index is 875. The first-order valence-corrected chi connectivity index (χ1v) is 9.62. The molecule has 0 aliphatic heterocycles. The van der Waals surface area contributed by atoms with Crippen molar-refractivity contribution in [3.63, 3.8) is 0 Å². The predicted molar refractivity (Wildman–Crippen MR) is 110 cm³/mol. The smallest absolute Gasteiger partial charge is 0.326 e. The molecule has 2 amide bonds. The third-order valence-corrected chi connectivity index (χ3v) is 5.07. The van der Waals surface area contributed by atoms with Gasteiger partial charge in [-0.3, -0.25) is 9.59 Å². The van der Waals surface area contributed by atoms with Crippen molar-refractivity contribution in [1.82, 2.24) is 10.6 Å². The zero-order valence-electron chi connectivity index (χ0n) is 15.1. The molecular weight excluding hydrogens is 478 g/mol. The van der Waals surface area contributed by atoms with Crippen LogP contribution in [0.1, 0.15) is 18.1 Å². The molecule has 8 heteroatoms. The van der Waals surface area contributed by atoms with Gasteiger partial charge in [0, 0.05) is 23.3 Å². The van der Waals surface area contributed by atoms with Crippen molar-refractivity contribution in [1.29, 1.82) is 0 Å². The van der Waals surface area contributed by atoms with Gasteiger partial charge in [0.05, 0.1) is 0 Å². The molecular formula is C20H20FIN2O4. The Morgan fingerprint density at radius 1 is 1.04 bits per heavy atom. The summed E-state index contributed by atoms with van der Waals surface area (Å²) in [6, 6.07) is 10.8. The Morgan fingerprint density at radius 3 is 2.36 bits per heavy atom. The summed E-state index contributed by atoms with van der Waals surface area (Å²) in [4.78, 5) is 35.8. The minimum Gasteiger partial charge on any atom is -0.480 e. The highest BCUT2D eigenvalue weighted by molar-refractivity contribution is 14.1. The minimum atomic E-state index is -1.18. The van der Waals surface area contributed by atoms with Gasteiger partial charge in [0.15, 0.2) is 0 Å². The molecule has 2 atom stereocenters. The van der Waals surface area contributed by atoms with E-state index in [0.29, 0.717) is 5.56 Å². The summed E-state index contributed by atoms with van der Waals surface area (Å²) < 4.78 is 14.3. The summed E-state index contributed by atoms with van der Waals surface area (Å²) in [6.07, 6.45) is 0.144. The zero-order valence-corrected chi connectivity index (χ0v) is 17.3. The van der Waals surface area contributed by atoms with Gasteiger partial charge in [-0.05, 0) is 51.9 Å². The molecule has 0 spiro atoms. The minimum absolute atomic E-state index is 0.0401. The lowest BCUT2D eigenvalue weighted by atomic mass is 10.0. The number of halogens is 2. The molecule has 148 valence electrons. The molecule has 0 saturated heterocycles. The van der Waals surface area contributed by atoms with E-state index in [0.717, 1.165) is 9.13 Å². The van der Waals surface area contributed by atoms with Crippen molar-refractivity contribution in [2.45, 2.75) is 31.8 Å². The lowest BCUT2D eigenvalue weighted by molar-refractivity contribution is -0.142. The third-order valence-electron chi connectivity index (χ3n) is 4.02. The molecule has 0 saturated carbocycles. The van der Waals surface area contributed by atoms with Gasteiger partial charge in [0.25, 0.3) is 0 Å². The summed E-state index contributed by atoms with van der Waals surface area (Å²) in [5.74, 6) is -2.72. The topological polar surface area (TPSA) is 95.5 Å². The fraction of sp³-hybridized carbons (Fsp3) is 0.250. The van der Waals surface area contributed by atoms with Crippen LogP contribution in [0.25, 0.3) is 0 Å². The van der Waals surface area contributed by atoms with Crippen LogP contribution >= 0.6 is 22.6 Å². The molecule has 0 aliphatic rings. The number of carbonyl (C=O) groups excluding carboxylic acids is 2. The van der Waals surface area contributed by atoms with Gasteiger partial charge in [-0.15, -0.1) is 0 Å². The van der Waals surface area contributed by atoms with E-state index in [9.17, 15) is 23.9 Å². The Balaban J connectivity index is 2.15. The monoisotopic (exact) mass is 498 g/mol. The average Bonchev–Trinajstić information content (AvgIpc) is 2.61. The van der Waals surface area contributed by atoms with Crippen LogP contribution in [-0.2, 0) is 27.2 Å². The van der Waals surface area contributed by atoms with Crippen LogP contribution in [0.4, 0.5) is 4.39 Å². The molecule has 0 fully saturated rings. The summed E-state index contributed by atoms with van der Waals surface area (Å²) in [7, 11) is 0. The maximum absolute atomic E-state index is 13.4. The maximum Gasteiger partial charge on any atom is 0.326 e. The SMILES string of the molecule is CC(=O)N[C@H](Cc1cccc(F)c1)C(=O)N[C@H](Cc1ccccc1I)C(=O)O. The Hall–Kier alpha value is -2.49. The summed E-state index contributed by atoms with van der Waals surface area (Å²) >= 11 is 2.10. The number of amides is 2. The highest BCUT2D eigenvalue weighted by atomic mass is 127. The molecule has 2 aromatic rings. The van der Waals surface area contributed by atoms with E-state index in [1.807, 2.05) is 12.1 Å². The fourth-order valence-corrected chi connectivity index (χ4v) is 3.32. The van der Waals surface area contributed by atoms with Gasteiger partial charge in [-0.25, -0.2) is 9.18 Å². The largest absolute Gasteiger partial charge is 0.480 e. The second-order valence-electron chi connectivity index (χ2n) is 6.28. The fourth-order valence-electron chi connectivity index (χ4n) is 2.71. The quantitative estimate of drug-likeness (QED) is 0.487. The van der Waals surface area contributed by atoms with E-state index in [-0.39, 0.29) is 12.8 Å². The normalized spacial score (nSPS) is 12.7. The van der Waals surface area contributed by atoms with Gasteiger partial charge < -0.3 is 15.7 Å². The Labute approximate surface area is 175 Å². The first kappa shape index (κ1) is 21.8. The molecule has 2 aromatic carbocycles. The van der Waals surface area contributed by atoms with Crippen molar-refractivity contribution < 1.29 is 23.9 Å². The lowest BCUT2D eigenvalue weighted by Gasteiger charge is -2.21. The number of hydrogen-bond donors (Lipinski definition) is 3. The highest BCUT2D eigenvalue weighted by Crippen LogP contribution is 2.14. The summed E-state index contributed by atoms with van der Waals surface area (Å²) in [5.41, 5.74) is 1.30. The van der Waals surface area contributed by atoms with E-state index in [1.165, 1.54) is 25.1 Å². The lowest BCUT2D eigenvalue weighted by Crippen LogP contribution is -2.52. The Kier molecular flexibility index (Phi) is 7.91. The average molecular weight is 498 g/mol. The number of carboxylic acid groups (broad SMARTS) is 1. The summed E-state index contributed by atoms with van der Waals surface area (Å²) in [6.45, 7) is 1.26. The number of aliphatic carboxylic acids is 1. The van der Waals surface area contributed by atoms with E-state index >= 15 is 0 Å². The van der Waals surface area contributed by atoms with Crippen LogP contribution in [0.15, 0.2) is 48.5 Å². The predicted octanol–water partition coefficient (Wildman–Crippen LogP) is 2.29. The molecule has 28 heavy (non-hydrogen) atoms. The molecule has 2 rings (SSSR count). The first-order chi connectivity index (χ1) is 13.3. The maximum atomic E-state index is 13.4. The van der Waals surface area contributed by atoms with Gasteiger partial charge >= 0.3 is 5.97 Å². The van der Waals surface area contributed by atoms with Crippen LogP contribution in [0, 0.1) is 9.39 Å². The number of benzene rings is 2. The van der Waals surface area contributed by atoms with Crippen LogP contribution < -0.4 is 10.6 Å². The summed E-state index contributed by atoms with van der Waals surface area (Å²) in [5, 5.41) is 14.5. The molecule has 3 N–H and O–H groups in total. The highest BCUT2D eigenvalue weighted by Gasteiger charge is 2.27. The number of rotatable bonds is 8. The number of hydrogen-bond acceptors (Lipinski definition) is 3. The Morgan fingerprint density at radius 2 is 1.75 bits per heavy atom. The number of carboxylic acids is 1. The van der Waals surface area contributed by atoms with E-state index in [2.05, 4.69) is 33.2 Å². The van der Waals surface area contributed by atoms with Crippen LogP contribution in [-0.4, -0.2) is 35.0 Å². The second kappa shape index (κ2) is 10.2. The number of carbonyl (C=O) groups is 3. The molecule has 0 aromatic heterocycles. The van der Waals surface area contributed by atoms with Crippen LogP contribution in [0.3, 0.4) is 0 Å². The van der Waals surface area contributed by atoms with Crippen molar-refractivity contribution >= 4 is 40.4 Å². The molecule has 0 radical (unpaired) electrons. The molecule has 6 nitrogen and oxygen atoms in total. The van der Waals surface area contributed by atoms with Gasteiger partial charge in [0.2, 0.25) is 11.8 Å². The van der Waals surface area contributed by atoms with E-state index in [1.54, 1.807) is 18.2 Å². The van der Waals surface area contributed by atoms with Crippen molar-refractivity contribution in [3.8, 4) is 0 Å². The van der Waals surface area contributed by atoms with Gasteiger partial charge in [-0.2, -0.15) is 0 Å². The third kappa shape index (κ3) is 6.59. The molecule has 0 unspecified atom stereocenters. The van der Waals surface area contributed by atoms with Gasteiger partial charge in [-0.1, -0.05) is 30.3 Å². The van der Waals surface area contributed by atoms with Crippen molar-refractivity contribution in [2.24, 2.45) is 0 Å². The second-order valence-corrected chi connectivity index (χ2v) is 7.44. The van der Waals surface area contributed by atoms with Gasteiger partial charge in [0.1, 0.15) is 17.9 Å². The zero-order chi connectivity index (χ0) is 20.7. The molecule has 0 heterocycles. The van der Waals surface area contributed by atoms with Crippen LogP contribution in [0.5, 0.6) is 0 Å². The van der Waals surface area contributed by atoms with E-state index < -0.39 is 35.7 Å². The van der Waals surface area contributed by atoms with Crippen LogP contribution in [0.2, 0.25) is 0 Å². The van der Waals surface area contributed by atoms with E-state index in [4.69, 9.17) is 0 Å². The van der Waals surface area contributed by atoms with Crippen molar-refractivity contribution in [2.75, 3.05) is 0 Å². The van der Waals surface area contributed by atoms with Crippen molar-refractivity contribution in [3.05, 3.63) is 69.0 Å². The number of nitrogens with one attached hydrogen (secondary N) is 2. The molecule has 0 bridgehead atoms. The molecule has 0 aliphatic carbocycles. The standard InChI is InChI=1S/C20H20FIN2O4/c1-12(25)23-17(10-13-5-4-7-15(21)9-13)19(26)24-18(20(27)28)11-14-6-2-3-8-16(14)22/h2-9,17-18H,10-11H2,1H3,(H,23,25)(H,24,26)(H,27,28)/t17-,18-/m1/s1.